The number of nitrogens with zero attached hydrogens (tertiary/aromatic N) is 1. The number of carboxylic acids is 1. The minimum atomic E-state index is -0.733. The van der Waals surface area contributed by atoms with Gasteiger partial charge in [-0.15, -0.1) is 0 Å². The van der Waals surface area contributed by atoms with Gasteiger partial charge < -0.3 is 14.7 Å². The summed E-state index contributed by atoms with van der Waals surface area (Å²) in [5.74, 6) is -0.299. The number of carbonyl (C=O) groups is 2. The van der Waals surface area contributed by atoms with Crippen LogP contribution in [0.2, 0.25) is 0 Å². The number of ether oxygens (including phenoxy) is 1. The second kappa shape index (κ2) is 6.89. The second-order valence-corrected chi connectivity index (χ2v) is 5.60. The number of carboxylic acid groups (broad SMARTS) is 1. The normalized spacial score (nSPS) is 24.6. The molecule has 2 rings (SSSR count). The lowest BCUT2D eigenvalue weighted by Crippen LogP contribution is -2.39. The lowest BCUT2D eigenvalue weighted by atomic mass is 9.93. The summed E-state index contributed by atoms with van der Waals surface area (Å²) in [5, 5.41) is 8.75. The molecule has 1 amide bonds. The molecule has 0 bridgehead atoms. The third kappa shape index (κ3) is 4.49. The first-order valence-corrected chi connectivity index (χ1v) is 7.26. The van der Waals surface area contributed by atoms with Crippen molar-refractivity contribution < 1.29 is 19.4 Å². The lowest BCUT2D eigenvalue weighted by molar-refractivity contribution is -0.138. The zero-order chi connectivity index (χ0) is 13.7. The first-order valence-electron chi connectivity index (χ1n) is 7.26. The van der Waals surface area contributed by atoms with Crippen molar-refractivity contribution in [2.75, 3.05) is 19.7 Å². The lowest BCUT2D eigenvalue weighted by Gasteiger charge is -2.31. The molecule has 0 aromatic carbocycles. The molecule has 2 aliphatic rings. The fraction of sp³-hybridized carbons (Fsp3) is 0.857. The molecule has 1 N–H and O–H groups in total. The topological polar surface area (TPSA) is 66.8 Å². The average Bonchev–Trinajstić information content (AvgIpc) is 2.89. The van der Waals surface area contributed by atoms with E-state index in [1.807, 2.05) is 4.90 Å². The molecule has 2 saturated heterocycles. The maximum absolute atomic E-state index is 12.0. The first-order chi connectivity index (χ1) is 9.15. The first kappa shape index (κ1) is 14.3. The molecule has 0 aliphatic carbocycles. The number of carbonyl (C=O) groups excluding carboxylic acids is 1. The van der Waals surface area contributed by atoms with Crippen LogP contribution in [0.1, 0.15) is 44.9 Å². The monoisotopic (exact) mass is 269 g/mol. The number of piperidine rings is 1. The minimum absolute atomic E-state index is 0.198. The summed E-state index contributed by atoms with van der Waals surface area (Å²) in [6.07, 6.45) is 5.72. The summed E-state index contributed by atoms with van der Waals surface area (Å²) < 4.78 is 5.52. The van der Waals surface area contributed by atoms with Gasteiger partial charge in [-0.05, 0) is 38.0 Å². The summed E-state index contributed by atoms with van der Waals surface area (Å²) in [6, 6.07) is 0. The number of rotatable bonds is 5. The molecule has 0 radical (unpaired) electrons. The van der Waals surface area contributed by atoms with Crippen LogP contribution in [0.5, 0.6) is 0 Å². The van der Waals surface area contributed by atoms with Crippen LogP contribution in [0.15, 0.2) is 0 Å². The second-order valence-electron chi connectivity index (χ2n) is 5.60. The van der Waals surface area contributed by atoms with Crippen LogP contribution in [-0.2, 0) is 14.3 Å². The highest BCUT2D eigenvalue weighted by Gasteiger charge is 2.25. The smallest absolute Gasteiger partial charge is 0.303 e. The van der Waals surface area contributed by atoms with Gasteiger partial charge in [-0.2, -0.15) is 0 Å². The molecule has 2 aliphatic heterocycles. The molecule has 0 saturated carbocycles. The highest BCUT2D eigenvalue weighted by atomic mass is 16.5. The zero-order valence-electron chi connectivity index (χ0n) is 11.3. The van der Waals surface area contributed by atoms with Crippen molar-refractivity contribution in [2.24, 2.45) is 5.92 Å². The summed E-state index contributed by atoms with van der Waals surface area (Å²) >= 11 is 0. The number of hydrogen-bond donors (Lipinski definition) is 1. The Hall–Kier alpha value is -1.10. The van der Waals surface area contributed by atoms with Crippen molar-refractivity contribution in [1.29, 1.82) is 0 Å². The van der Waals surface area contributed by atoms with Gasteiger partial charge in [0.25, 0.3) is 0 Å². The van der Waals surface area contributed by atoms with Crippen molar-refractivity contribution in [2.45, 2.75) is 51.0 Å². The average molecular weight is 269 g/mol. The zero-order valence-corrected chi connectivity index (χ0v) is 11.3. The van der Waals surface area contributed by atoms with E-state index in [1.165, 1.54) is 0 Å². The predicted octanol–water partition coefficient (Wildman–Crippen LogP) is 1.66. The third-order valence-corrected chi connectivity index (χ3v) is 4.13. The van der Waals surface area contributed by atoms with E-state index in [0.29, 0.717) is 19.5 Å². The van der Waals surface area contributed by atoms with Crippen molar-refractivity contribution >= 4 is 11.9 Å². The Morgan fingerprint density at radius 1 is 1.21 bits per heavy atom. The number of aliphatic carboxylic acids is 1. The van der Waals surface area contributed by atoms with Crippen LogP contribution in [0.25, 0.3) is 0 Å². The van der Waals surface area contributed by atoms with Crippen molar-refractivity contribution in [3.63, 3.8) is 0 Å². The van der Waals surface area contributed by atoms with Crippen molar-refractivity contribution in [1.82, 2.24) is 4.90 Å². The van der Waals surface area contributed by atoms with Crippen LogP contribution >= 0.6 is 0 Å². The molecule has 0 spiro atoms. The van der Waals surface area contributed by atoms with Crippen molar-refractivity contribution in [3.05, 3.63) is 0 Å². The summed E-state index contributed by atoms with van der Waals surface area (Å²) in [6.45, 7) is 2.25. The van der Waals surface area contributed by atoms with Gasteiger partial charge in [-0.3, -0.25) is 9.59 Å². The largest absolute Gasteiger partial charge is 0.481 e. The highest BCUT2D eigenvalue weighted by molar-refractivity contribution is 5.76. The molecule has 2 heterocycles. The molecule has 1 atom stereocenters. The fourth-order valence-electron chi connectivity index (χ4n) is 2.95. The van der Waals surface area contributed by atoms with E-state index >= 15 is 0 Å². The van der Waals surface area contributed by atoms with Gasteiger partial charge in [0, 0.05) is 32.5 Å². The summed E-state index contributed by atoms with van der Waals surface area (Å²) in [7, 11) is 0. The molecule has 1 unspecified atom stereocenters. The standard InChI is InChI=1S/C14H23NO4/c16-13(4-3-12-2-1-9-19-12)15-7-5-11(6-8-15)10-14(17)18/h11-12H,1-10H2,(H,17,18). The van der Waals surface area contributed by atoms with E-state index in [4.69, 9.17) is 9.84 Å². The Labute approximate surface area is 113 Å². The van der Waals surface area contributed by atoms with E-state index in [0.717, 1.165) is 38.7 Å². The SMILES string of the molecule is O=C(O)CC1CCN(C(=O)CCC2CCCO2)CC1. The highest BCUT2D eigenvalue weighted by Crippen LogP contribution is 2.22. The van der Waals surface area contributed by atoms with Crippen LogP contribution in [0.3, 0.4) is 0 Å². The van der Waals surface area contributed by atoms with Gasteiger partial charge in [-0.1, -0.05) is 0 Å². The molecule has 108 valence electrons. The van der Waals surface area contributed by atoms with Crippen LogP contribution in [0.4, 0.5) is 0 Å². The van der Waals surface area contributed by atoms with Crippen molar-refractivity contribution in [3.8, 4) is 0 Å². The van der Waals surface area contributed by atoms with Gasteiger partial charge >= 0.3 is 5.97 Å². The van der Waals surface area contributed by atoms with Gasteiger partial charge in [0.2, 0.25) is 5.91 Å². The van der Waals surface area contributed by atoms with E-state index in [1.54, 1.807) is 0 Å². The van der Waals surface area contributed by atoms with E-state index < -0.39 is 5.97 Å². The van der Waals surface area contributed by atoms with Gasteiger partial charge in [0.1, 0.15) is 0 Å². The Morgan fingerprint density at radius 3 is 2.53 bits per heavy atom. The molecule has 0 aromatic heterocycles. The number of hydrogen-bond acceptors (Lipinski definition) is 3. The summed E-state index contributed by atoms with van der Waals surface area (Å²) in [5.41, 5.74) is 0. The molecular formula is C14H23NO4. The Morgan fingerprint density at radius 2 is 1.95 bits per heavy atom. The van der Waals surface area contributed by atoms with Crippen LogP contribution in [0, 0.1) is 5.92 Å². The number of amides is 1. The number of likely N-dealkylation sites (tertiary alicyclic amines) is 1. The van der Waals surface area contributed by atoms with E-state index in [-0.39, 0.29) is 24.3 Å². The Kier molecular flexibility index (Phi) is 5.19. The maximum Gasteiger partial charge on any atom is 0.303 e. The molecule has 5 nitrogen and oxygen atoms in total. The molecule has 2 fully saturated rings. The van der Waals surface area contributed by atoms with Crippen LogP contribution < -0.4 is 0 Å². The molecule has 5 heteroatoms. The predicted molar refractivity (Wildman–Crippen MR) is 69.8 cm³/mol. The van der Waals surface area contributed by atoms with Gasteiger partial charge in [-0.25, -0.2) is 0 Å². The Balaban J connectivity index is 1.65. The fourth-order valence-corrected chi connectivity index (χ4v) is 2.95. The van der Waals surface area contributed by atoms with E-state index in [2.05, 4.69) is 0 Å². The minimum Gasteiger partial charge on any atom is -0.481 e. The van der Waals surface area contributed by atoms with Gasteiger partial charge in [0.05, 0.1) is 6.10 Å². The molecule has 19 heavy (non-hydrogen) atoms. The van der Waals surface area contributed by atoms with Gasteiger partial charge in [0.15, 0.2) is 0 Å². The quantitative estimate of drug-likeness (QED) is 0.824. The molecule has 0 aromatic rings. The summed E-state index contributed by atoms with van der Waals surface area (Å²) in [4.78, 5) is 24.6. The van der Waals surface area contributed by atoms with Crippen LogP contribution in [-0.4, -0.2) is 47.7 Å². The van der Waals surface area contributed by atoms with E-state index in [9.17, 15) is 9.59 Å². The molecular weight excluding hydrogens is 246 g/mol. The maximum atomic E-state index is 12.0. The third-order valence-electron chi connectivity index (χ3n) is 4.13. The Bertz CT molecular complexity index is 317.